The van der Waals surface area contributed by atoms with Gasteiger partial charge in [-0.25, -0.2) is 14.5 Å². The largest absolute Gasteiger partial charge is 0.445 e. The van der Waals surface area contributed by atoms with Gasteiger partial charge in [-0.2, -0.15) is 0 Å². The van der Waals surface area contributed by atoms with Crippen LogP contribution in [0.25, 0.3) is 11.0 Å². The number of hydrogen-bond donors (Lipinski definition) is 6. The number of rotatable bonds is 18. The number of carbonyl (C=O) groups is 6. The lowest BCUT2D eigenvalue weighted by Crippen LogP contribution is -2.56. The van der Waals surface area contributed by atoms with Gasteiger partial charge in [0.05, 0.1) is 35.0 Å². The number of imidazole rings is 1. The second-order valence-corrected chi connectivity index (χ2v) is 16.2. The molecule has 2 aliphatic rings. The molecule has 5 amide bonds. The molecule has 2 aromatic heterocycles. The van der Waals surface area contributed by atoms with Crippen LogP contribution >= 0.6 is 0 Å². The van der Waals surface area contributed by atoms with Crippen molar-refractivity contribution >= 4 is 46.5 Å². The Bertz CT molecular complexity index is 2110. The summed E-state index contributed by atoms with van der Waals surface area (Å²) in [5.41, 5.74) is 6.48. The summed E-state index contributed by atoms with van der Waals surface area (Å²) in [6, 6.07) is 12.2. The average molecular weight is 827 g/mol. The monoisotopic (exact) mass is 826 g/mol. The minimum atomic E-state index is -1.37. The molecule has 4 aromatic rings. The number of carbonyl (C=O) groups excluding carboxylic acids is 6. The van der Waals surface area contributed by atoms with Crippen LogP contribution in [0.3, 0.4) is 0 Å². The first-order chi connectivity index (χ1) is 28.8. The van der Waals surface area contributed by atoms with Crippen molar-refractivity contribution in [3.8, 4) is 0 Å². The number of hydrogen-bond acceptors (Lipinski definition) is 11. The molecule has 1 saturated carbocycles. The molecule has 2 aromatic carbocycles. The molecular formula is C42H54N10O8. The standard InChI is InChI=1S/C42H54N10O8/c1-42(2,59)34-23-45-50-52(34)28-22-33(38(55)48-31(35(53)36(43)54)19-11-12-20-44-41(58)60-25-27-15-7-4-8-16-27)51(24-28)40(57)32(21-26-13-5-3-6-14-26)49-39(56)37-46-29-17-9-10-18-30(29)47-37/h4,7-10,15-18,23,26,28,31-33,59H,3,5-6,11-14,19-22,24-25H2,1-2H3,(H2,43,54)(H,44,58)(H,46,47)(H,48,55)(H,49,56)/t28-,31?,32+,33-/m0/s1. The number of amides is 5. The number of Topliss-reactive ketones (excluding diaryl/α,β-unsaturated/α-hetero) is 1. The highest BCUT2D eigenvalue weighted by Gasteiger charge is 2.45. The Morgan fingerprint density at radius 1 is 0.967 bits per heavy atom. The number of unbranched alkanes of at least 4 members (excludes halogenated alkanes) is 1. The van der Waals surface area contributed by atoms with E-state index in [2.05, 4.69) is 36.2 Å². The van der Waals surface area contributed by atoms with Crippen molar-refractivity contribution in [1.82, 2.24) is 45.8 Å². The van der Waals surface area contributed by atoms with E-state index in [4.69, 9.17) is 10.5 Å². The van der Waals surface area contributed by atoms with Gasteiger partial charge in [-0.05, 0) is 63.1 Å². The smallest absolute Gasteiger partial charge is 0.407 e. The normalized spacial score (nSPS) is 18.1. The summed E-state index contributed by atoms with van der Waals surface area (Å²) in [6.07, 6.45) is 6.69. The highest BCUT2D eigenvalue weighted by atomic mass is 16.5. The number of ether oxygens (including phenoxy) is 1. The van der Waals surface area contributed by atoms with Crippen molar-refractivity contribution in [2.45, 2.75) is 114 Å². The summed E-state index contributed by atoms with van der Waals surface area (Å²) in [5, 5.41) is 27.4. The van der Waals surface area contributed by atoms with Crippen molar-refractivity contribution in [3.05, 3.63) is 77.9 Å². The minimum Gasteiger partial charge on any atom is -0.445 e. The fourth-order valence-electron chi connectivity index (χ4n) is 8.05. The van der Waals surface area contributed by atoms with E-state index < -0.39 is 65.3 Å². The molecule has 1 unspecified atom stereocenters. The lowest BCUT2D eigenvalue weighted by Gasteiger charge is -2.32. The molecule has 0 bridgehead atoms. The third kappa shape index (κ3) is 11.1. The Balaban J connectivity index is 1.19. The maximum absolute atomic E-state index is 14.8. The van der Waals surface area contributed by atoms with E-state index in [9.17, 15) is 33.9 Å². The molecule has 3 heterocycles. The highest BCUT2D eigenvalue weighted by Crippen LogP contribution is 2.33. The van der Waals surface area contributed by atoms with Crippen LogP contribution in [-0.2, 0) is 36.1 Å². The number of alkyl carbamates (subject to hydrolysis) is 1. The summed E-state index contributed by atoms with van der Waals surface area (Å²) >= 11 is 0. The number of para-hydroxylation sites is 2. The third-order valence-electron chi connectivity index (χ3n) is 11.2. The Labute approximate surface area is 347 Å². The van der Waals surface area contributed by atoms with Crippen molar-refractivity contribution in [3.63, 3.8) is 0 Å². The van der Waals surface area contributed by atoms with Gasteiger partial charge in [0.2, 0.25) is 17.6 Å². The van der Waals surface area contributed by atoms with E-state index in [-0.39, 0.29) is 44.3 Å². The summed E-state index contributed by atoms with van der Waals surface area (Å²) < 4.78 is 6.72. The number of primary amides is 1. The van der Waals surface area contributed by atoms with Crippen molar-refractivity contribution in [2.75, 3.05) is 13.1 Å². The van der Waals surface area contributed by atoms with Crippen LogP contribution in [-0.4, -0.2) is 102 Å². The molecule has 60 heavy (non-hydrogen) atoms. The number of nitrogens with zero attached hydrogens (tertiary/aromatic N) is 5. The predicted octanol–water partition coefficient (Wildman–Crippen LogP) is 2.93. The first-order valence-corrected chi connectivity index (χ1v) is 20.6. The first-order valence-electron chi connectivity index (χ1n) is 20.6. The average Bonchev–Trinajstić information content (AvgIpc) is 4.01. The maximum Gasteiger partial charge on any atom is 0.407 e. The number of nitrogens with one attached hydrogen (secondary N) is 4. The van der Waals surface area contributed by atoms with Crippen LogP contribution < -0.4 is 21.7 Å². The van der Waals surface area contributed by atoms with Crippen LogP contribution in [0.15, 0.2) is 60.8 Å². The number of likely N-dealkylation sites (tertiary alicyclic amines) is 1. The van der Waals surface area contributed by atoms with Crippen LogP contribution in [0.1, 0.15) is 106 Å². The molecule has 6 rings (SSSR count). The zero-order valence-electron chi connectivity index (χ0n) is 34.0. The Morgan fingerprint density at radius 2 is 1.70 bits per heavy atom. The molecular weight excluding hydrogens is 773 g/mol. The number of fused-ring (bicyclic) bond motifs is 1. The highest BCUT2D eigenvalue weighted by molar-refractivity contribution is 6.37. The van der Waals surface area contributed by atoms with Crippen LogP contribution in [0.4, 0.5) is 4.79 Å². The number of nitrogens with two attached hydrogens (primary N) is 1. The first kappa shape index (κ1) is 43.4. The molecule has 1 aliphatic carbocycles. The molecule has 0 radical (unpaired) electrons. The van der Waals surface area contributed by atoms with Crippen LogP contribution in [0.2, 0.25) is 0 Å². The molecule has 18 nitrogen and oxygen atoms in total. The summed E-state index contributed by atoms with van der Waals surface area (Å²) in [7, 11) is 0. The Morgan fingerprint density at radius 3 is 2.42 bits per heavy atom. The SMILES string of the molecule is CC(C)(O)c1cnnn1[C@H]1C[C@@H](C(=O)NC(CCCCNC(=O)OCc2ccccc2)C(=O)C(N)=O)N(C(=O)[C@@H](CC2CCCCC2)NC(=O)c2nc3ccccc3[nH]2)C1. The quantitative estimate of drug-likeness (QED) is 0.0628. The van der Waals surface area contributed by atoms with Gasteiger partial charge in [-0.15, -0.1) is 5.10 Å². The van der Waals surface area contributed by atoms with E-state index >= 15 is 0 Å². The molecule has 7 N–H and O–H groups in total. The second kappa shape index (κ2) is 19.7. The van der Waals surface area contributed by atoms with Crippen molar-refractivity contribution < 1.29 is 38.6 Å². The zero-order valence-corrected chi connectivity index (χ0v) is 34.0. The number of aromatic nitrogens is 5. The fourth-order valence-corrected chi connectivity index (χ4v) is 8.05. The number of aromatic amines is 1. The molecule has 1 saturated heterocycles. The van der Waals surface area contributed by atoms with Gasteiger partial charge in [-0.3, -0.25) is 24.0 Å². The van der Waals surface area contributed by atoms with Gasteiger partial charge in [0.1, 0.15) is 24.3 Å². The molecule has 18 heteroatoms. The van der Waals surface area contributed by atoms with Gasteiger partial charge in [0, 0.05) is 19.5 Å². The number of H-pyrrole nitrogens is 1. The topological polar surface area (TPSA) is 257 Å². The molecule has 320 valence electrons. The number of ketones is 1. The van der Waals surface area contributed by atoms with E-state index in [1.165, 1.54) is 15.8 Å². The Hall–Kier alpha value is -6.17. The summed E-state index contributed by atoms with van der Waals surface area (Å²) in [5.74, 6) is -3.87. The summed E-state index contributed by atoms with van der Waals surface area (Å²) in [4.78, 5) is 89.2. The van der Waals surface area contributed by atoms with Gasteiger partial charge in [0.15, 0.2) is 5.82 Å². The number of benzene rings is 2. The lowest BCUT2D eigenvalue weighted by atomic mass is 9.84. The van der Waals surface area contributed by atoms with Gasteiger partial charge in [-0.1, -0.05) is 79.8 Å². The minimum absolute atomic E-state index is 0.0160. The lowest BCUT2D eigenvalue weighted by molar-refractivity contribution is -0.142. The molecule has 1 aliphatic heterocycles. The van der Waals surface area contributed by atoms with Crippen molar-refractivity contribution in [1.29, 1.82) is 0 Å². The van der Waals surface area contributed by atoms with Gasteiger partial charge >= 0.3 is 6.09 Å². The molecule has 4 atom stereocenters. The summed E-state index contributed by atoms with van der Waals surface area (Å²) in [6.45, 7) is 3.41. The fraction of sp³-hybridized carbons (Fsp3) is 0.500. The predicted molar refractivity (Wildman–Crippen MR) is 218 cm³/mol. The zero-order chi connectivity index (χ0) is 42.8. The molecule has 2 fully saturated rings. The second-order valence-electron chi connectivity index (χ2n) is 16.2. The Kier molecular flexibility index (Phi) is 14.3. The van der Waals surface area contributed by atoms with E-state index in [1.807, 2.05) is 36.4 Å². The molecule has 0 spiro atoms. The van der Waals surface area contributed by atoms with Crippen LogP contribution in [0, 0.1) is 5.92 Å². The van der Waals surface area contributed by atoms with Gasteiger partial charge < -0.3 is 41.4 Å². The van der Waals surface area contributed by atoms with Gasteiger partial charge in [0.25, 0.3) is 11.8 Å². The van der Waals surface area contributed by atoms with E-state index in [1.54, 1.807) is 32.0 Å². The van der Waals surface area contributed by atoms with Crippen LogP contribution in [0.5, 0.6) is 0 Å². The van der Waals surface area contributed by atoms with E-state index in [0.717, 1.165) is 37.7 Å². The number of aliphatic hydroxyl groups is 1. The van der Waals surface area contributed by atoms with E-state index in [0.29, 0.717) is 36.0 Å². The van der Waals surface area contributed by atoms with Crippen molar-refractivity contribution in [2.24, 2.45) is 11.7 Å². The maximum atomic E-state index is 14.8. The third-order valence-corrected chi connectivity index (χ3v) is 11.2.